The van der Waals surface area contributed by atoms with E-state index >= 15 is 0 Å². The number of nitrogens with one attached hydrogen (secondary N) is 1. The average Bonchev–Trinajstić information content (AvgIpc) is 3.55. The van der Waals surface area contributed by atoms with Crippen LogP contribution in [0.5, 0.6) is 11.5 Å². The second-order valence-corrected chi connectivity index (χ2v) is 7.45. The maximum absolute atomic E-state index is 12.9. The van der Waals surface area contributed by atoms with E-state index in [0.717, 1.165) is 29.9 Å². The summed E-state index contributed by atoms with van der Waals surface area (Å²) >= 11 is 0. The van der Waals surface area contributed by atoms with E-state index in [9.17, 15) is 4.79 Å². The van der Waals surface area contributed by atoms with E-state index in [1.807, 2.05) is 30.0 Å². The molecule has 1 atom stereocenters. The zero-order chi connectivity index (χ0) is 20.1. The van der Waals surface area contributed by atoms with E-state index in [4.69, 9.17) is 9.47 Å². The van der Waals surface area contributed by atoms with Crippen molar-refractivity contribution in [2.45, 2.75) is 45.3 Å². The first-order valence-electron chi connectivity index (χ1n) is 9.82. The number of methoxy groups -OCH3 is 2. The van der Waals surface area contributed by atoms with Gasteiger partial charge in [0.1, 0.15) is 11.5 Å². The van der Waals surface area contributed by atoms with Gasteiger partial charge < -0.3 is 19.7 Å². The van der Waals surface area contributed by atoms with Gasteiger partial charge in [0.05, 0.1) is 20.8 Å². The molecule has 0 spiro atoms. The predicted molar refractivity (Wildman–Crippen MR) is 111 cm³/mol. The molecule has 5 nitrogen and oxygen atoms in total. The Bertz CT molecular complexity index is 800. The van der Waals surface area contributed by atoms with Gasteiger partial charge in [-0.05, 0) is 50.5 Å². The maximum atomic E-state index is 12.9. The van der Waals surface area contributed by atoms with Crippen LogP contribution >= 0.6 is 0 Å². The van der Waals surface area contributed by atoms with E-state index in [1.165, 1.54) is 11.1 Å². The van der Waals surface area contributed by atoms with Crippen LogP contribution in [0.15, 0.2) is 42.5 Å². The predicted octanol–water partition coefficient (Wildman–Crippen LogP) is 3.85. The maximum Gasteiger partial charge on any atom is 0.237 e. The second kappa shape index (κ2) is 9.11. The van der Waals surface area contributed by atoms with E-state index in [0.29, 0.717) is 19.1 Å². The molecule has 1 fully saturated rings. The van der Waals surface area contributed by atoms with E-state index in [-0.39, 0.29) is 11.9 Å². The molecule has 0 bridgehead atoms. The molecule has 1 saturated carbocycles. The van der Waals surface area contributed by atoms with E-state index < -0.39 is 0 Å². The third kappa shape index (κ3) is 5.04. The quantitative estimate of drug-likeness (QED) is 0.716. The fourth-order valence-electron chi connectivity index (χ4n) is 3.33. The van der Waals surface area contributed by atoms with Crippen LogP contribution in [0.1, 0.15) is 42.5 Å². The first-order valence-corrected chi connectivity index (χ1v) is 9.82. The average molecular weight is 383 g/mol. The van der Waals surface area contributed by atoms with Crippen molar-refractivity contribution in [3.63, 3.8) is 0 Å². The molecule has 3 rings (SSSR count). The highest BCUT2D eigenvalue weighted by molar-refractivity contribution is 5.79. The van der Waals surface area contributed by atoms with Crippen LogP contribution in [0.4, 0.5) is 0 Å². The molecule has 1 amide bonds. The van der Waals surface area contributed by atoms with Crippen LogP contribution in [-0.4, -0.2) is 37.6 Å². The third-order valence-corrected chi connectivity index (χ3v) is 5.24. The summed E-state index contributed by atoms with van der Waals surface area (Å²) in [6, 6.07) is 14.5. The lowest BCUT2D eigenvalue weighted by Gasteiger charge is -2.24. The zero-order valence-corrected chi connectivity index (χ0v) is 17.2. The molecule has 2 aromatic carbocycles. The molecule has 5 heteroatoms. The smallest absolute Gasteiger partial charge is 0.237 e. The molecule has 1 aliphatic carbocycles. The summed E-state index contributed by atoms with van der Waals surface area (Å²) < 4.78 is 10.8. The molecule has 0 saturated heterocycles. The van der Waals surface area contributed by atoms with Crippen molar-refractivity contribution in [3.8, 4) is 11.5 Å². The van der Waals surface area contributed by atoms with Gasteiger partial charge in [0, 0.05) is 24.2 Å². The van der Waals surface area contributed by atoms with Gasteiger partial charge in [-0.3, -0.25) is 4.79 Å². The Morgan fingerprint density at radius 3 is 2.46 bits per heavy atom. The van der Waals surface area contributed by atoms with Crippen molar-refractivity contribution < 1.29 is 14.3 Å². The highest BCUT2D eigenvalue weighted by Crippen LogP contribution is 2.30. The topological polar surface area (TPSA) is 50.8 Å². The Labute approximate surface area is 167 Å². The summed E-state index contributed by atoms with van der Waals surface area (Å²) in [5, 5.41) is 3.36. The number of carbonyl (C=O) groups is 1. The molecular formula is C23H30N2O3. The number of benzene rings is 2. The fraction of sp³-hybridized carbons (Fsp3) is 0.435. The highest BCUT2D eigenvalue weighted by Gasteiger charge is 2.32. The van der Waals surface area contributed by atoms with Gasteiger partial charge in [-0.15, -0.1) is 0 Å². The van der Waals surface area contributed by atoms with Crippen LogP contribution in [0.2, 0.25) is 0 Å². The Kier molecular flexibility index (Phi) is 6.57. The summed E-state index contributed by atoms with van der Waals surface area (Å²) in [7, 11) is 3.30. The van der Waals surface area contributed by atoms with Gasteiger partial charge in [0.2, 0.25) is 5.91 Å². The third-order valence-electron chi connectivity index (χ3n) is 5.24. The van der Waals surface area contributed by atoms with Gasteiger partial charge in [-0.2, -0.15) is 0 Å². The summed E-state index contributed by atoms with van der Waals surface area (Å²) in [4.78, 5) is 14.9. The number of ether oxygens (including phenoxy) is 2. The molecule has 1 unspecified atom stereocenters. The molecule has 0 heterocycles. The molecular weight excluding hydrogens is 352 g/mol. The van der Waals surface area contributed by atoms with Crippen molar-refractivity contribution in [1.82, 2.24) is 10.2 Å². The first-order chi connectivity index (χ1) is 13.5. The fourth-order valence-corrected chi connectivity index (χ4v) is 3.33. The zero-order valence-electron chi connectivity index (χ0n) is 17.2. The molecule has 0 radical (unpaired) electrons. The summed E-state index contributed by atoms with van der Waals surface area (Å²) in [6.07, 6.45) is 2.19. The number of hydrogen-bond acceptors (Lipinski definition) is 4. The number of hydrogen-bond donors (Lipinski definition) is 1. The molecule has 1 N–H and O–H groups in total. The number of aryl methyl sites for hydroxylation is 1. The van der Waals surface area contributed by atoms with Gasteiger partial charge in [-0.25, -0.2) is 0 Å². The molecule has 2 aromatic rings. The Morgan fingerprint density at radius 2 is 1.86 bits per heavy atom. The number of rotatable bonds is 9. The van der Waals surface area contributed by atoms with Crippen molar-refractivity contribution in [2.24, 2.45) is 0 Å². The normalized spacial score (nSPS) is 14.4. The van der Waals surface area contributed by atoms with Crippen LogP contribution in [0, 0.1) is 6.92 Å². The summed E-state index contributed by atoms with van der Waals surface area (Å²) in [6.45, 7) is 5.07. The van der Waals surface area contributed by atoms with E-state index in [2.05, 4.69) is 36.5 Å². The largest absolute Gasteiger partial charge is 0.497 e. The van der Waals surface area contributed by atoms with Crippen molar-refractivity contribution >= 4 is 5.91 Å². The Morgan fingerprint density at radius 1 is 1.14 bits per heavy atom. The van der Waals surface area contributed by atoms with Crippen LogP contribution < -0.4 is 14.8 Å². The number of carbonyl (C=O) groups excluding carboxylic acids is 1. The van der Waals surface area contributed by atoms with Crippen molar-refractivity contribution in [1.29, 1.82) is 0 Å². The minimum atomic E-state index is -0.0329. The number of nitrogens with zero attached hydrogens (tertiary/aromatic N) is 1. The Hall–Kier alpha value is -2.53. The summed E-state index contributed by atoms with van der Waals surface area (Å²) in [5.74, 6) is 1.69. The SMILES string of the molecule is COc1ccc(OC)c(C(C)NCC(=O)N(Cc2ccc(C)cc2)C2CC2)c1. The lowest BCUT2D eigenvalue weighted by atomic mass is 10.1. The van der Waals surface area contributed by atoms with Crippen LogP contribution in [0.25, 0.3) is 0 Å². The monoisotopic (exact) mass is 382 g/mol. The molecule has 1 aliphatic rings. The molecule has 0 aliphatic heterocycles. The lowest BCUT2D eigenvalue weighted by molar-refractivity contribution is -0.131. The molecule has 28 heavy (non-hydrogen) atoms. The lowest BCUT2D eigenvalue weighted by Crippen LogP contribution is -2.39. The minimum Gasteiger partial charge on any atom is -0.497 e. The summed E-state index contributed by atoms with van der Waals surface area (Å²) in [5.41, 5.74) is 3.38. The van der Waals surface area contributed by atoms with Crippen LogP contribution in [0.3, 0.4) is 0 Å². The Balaban J connectivity index is 1.63. The first kappa shape index (κ1) is 20.2. The van der Waals surface area contributed by atoms with Gasteiger partial charge in [0.25, 0.3) is 0 Å². The molecule has 0 aromatic heterocycles. The number of amides is 1. The van der Waals surface area contributed by atoms with Gasteiger partial charge in [0.15, 0.2) is 0 Å². The van der Waals surface area contributed by atoms with Crippen molar-refractivity contribution in [3.05, 3.63) is 59.2 Å². The van der Waals surface area contributed by atoms with Crippen LogP contribution in [-0.2, 0) is 11.3 Å². The minimum absolute atomic E-state index is 0.0329. The van der Waals surface area contributed by atoms with Crippen molar-refractivity contribution in [2.75, 3.05) is 20.8 Å². The van der Waals surface area contributed by atoms with Gasteiger partial charge >= 0.3 is 0 Å². The standard InChI is InChI=1S/C23H30N2O3/c1-16-5-7-18(8-6-16)15-25(19-9-10-19)23(26)14-24-17(2)21-13-20(27-3)11-12-22(21)28-4/h5-8,11-13,17,19,24H,9-10,14-15H2,1-4H3. The van der Waals surface area contributed by atoms with Gasteiger partial charge in [-0.1, -0.05) is 29.8 Å². The highest BCUT2D eigenvalue weighted by atomic mass is 16.5. The molecule has 150 valence electrons. The second-order valence-electron chi connectivity index (χ2n) is 7.45. The van der Waals surface area contributed by atoms with E-state index in [1.54, 1.807) is 14.2 Å².